The molecule has 1 heterocycles. The molecule has 0 aromatic heterocycles. The largest absolute Gasteiger partial charge is 0.490 e. The Hall–Kier alpha value is -3.51. The van der Waals surface area contributed by atoms with Gasteiger partial charge in [0.1, 0.15) is 11.6 Å². The van der Waals surface area contributed by atoms with Crippen molar-refractivity contribution in [2.45, 2.75) is 69.7 Å². The lowest BCUT2D eigenvalue weighted by molar-refractivity contribution is -0.0177. The molecule has 0 bridgehead atoms. The fraction of sp³-hybridized carbons (Fsp3) is 0.457. The maximum atomic E-state index is 14.3. The first-order valence-corrected chi connectivity index (χ1v) is 17.3. The Bertz CT molecular complexity index is 1520. The van der Waals surface area contributed by atoms with Crippen molar-refractivity contribution in [2.24, 2.45) is 5.92 Å². The summed E-state index contributed by atoms with van der Waals surface area (Å²) in [5, 5.41) is 10.2. The van der Waals surface area contributed by atoms with E-state index in [-0.39, 0.29) is 40.9 Å². The molecular weight excluding hydrogens is 609 g/mol. The van der Waals surface area contributed by atoms with E-state index in [1.54, 1.807) is 17.9 Å². The number of carbonyl (C=O) groups is 1. The van der Waals surface area contributed by atoms with E-state index in [9.17, 15) is 22.7 Å². The number of carbonyl (C=O) groups excluding carboxylic acids is 1. The quantitative estimate of drug-likeness (QED) is 0.311. The number of benzene rings is 3. The molecule has 0 saturated heterocycles. The number of fused-ring (bicyclic) bond motifs is 1. The molecule has 9 nitrogen and oxygen atoms in total. The molecular formula is C35H46FN3O6S. The number of amides is 1. The van der Waals surface area contributed by atoms with Gasteiger partial charge in [-0.15, -0.1) is 0 Å². The Morgan fingerprint density at radius 2 is 1.78 bits per heavy atom. The highest BCUT2D eigenvalue weighted by Crippen LogP contribution is 2.29. The molecule has 0 aliphatic carbocycles. The number of hydrogen-bond donors (Lipinski definition) is 2. The first-order valence-electron chi connectivity index (χ1n) is 15.8. The highest BCUT2D eigenvalue weighted by atomic mass is 32.2. The molecule has 0 unspecified atom stereocenters. The van der Waals surface area contributed by atoms with Crippen molar-refractivity contribution >= 4 is 21.6 Å². The van der Waals surface area contributed by atoms with E-state index < -0.39 is 27.8 Å². The zero-order valence-corrected chi connectivity index (χ0v) is 27.9. The van der Waals surface area contributed by atoms with Crippen LogP contribution in [0.3, 0.4) is 0 Å². The standard InChI is InChI=1S/C35H46FN3O6S/c1-25-21-39(26(2)24-40)35(41)32-20-30(37-46(42,43)31-16-13-29(36)14-17-31)15-18-33(32)45-27(3)10-8-9-19-44-34(25)23-38(4)22-28-11-6-5-7-12-28/h5-7,11-18,20,25-27,34,37,40H,8-10,19,21-24H2,1-4H3/t25-,26+,27-,34-/m0/s1. The summed E-state index contributed by atoms with van der Waals surface area (Å²) in [7, 11) is -2.01. The van der Waals surface area contributed by atoms with Crippen LogP contribution >= 0.6 is 0 Å². The summed E-state index contributed by atoms with van der Waals surface area (Å²) >= 11 is 0. The van der Waals surface area contributed by atoms with Crippen molar-refractivity contribution in [1.82, 2.24) is 9.80 Å². The minimum absolute atomic E-state index is 0.0948. The molecule has 4 rings (SSSR count). The van der Waals surface area contributed by atoms with Crippen LogP contribution in [0.25, 0.3) is 0 Å². The Morgan fingerprint density at radius 1 is 1.07 bits per heavy atom. The van der Waals surface area contributed by atoms with Gasteiger partial charge in [0.05, 0.1) is 35.3 Å². The van der Waals surface area contributed by atoms with Crippen molar-refractivity contribution < 1.29 is 32.2 Å². The molecule has 4 atom stereocenters. The third-order valence-electron chi connectivity index (χ3n) is 8.21. The van der Waals surface area contributed by atoms with E-state index >= 15 is 0 Å². The molecule has 1 aliphatic heterocycles. The molecule has 1 aliphatic rings. The first-order chi connectivity index (χ1) is 22.0. The van der Waals surface area contributed by atoms with Gasteiger partial charge >= 0.3 is 0 Å². The van der Waals surface area contributed by atoms with Crippen LogP contribution in [0, 0.1) is 11.7 Å². The van der Waals surface area contributed by atoms with Crippen LogP contribution in [0.5, 0.6) is 5.75 Å². The third-order valence-corrected chi connectivity index (χ3v) is 9.61. The summed E-state index contributed by atoms with van der Waals surface area (Å²) in [5.41, 5.74) is 1.53. The van der Waals surface area contributed by atoms with Crippen LogP contribution in [-0.2, 0) is 21.3 Å². The van der Waals surface area contributed by atoms with E-state index in [2.05, 4.69) is 28.8 Å². The molecule has 0 radical (unpaired) electrons. The number of anilines is 1. The van der Waals surface area contributed by atoms with Gasteiger partial charge in [0.25, 0.3) is 15.9 Å². The molecule has 3 aromatic carbocycles. The van der Waals surface area contributed by atoms with Crippen molar-refractivity contribution in [1.29, 1.82) is 0 Å². The average molecular weight is 656 g/mol. The van der Waals surface area contributed by atoms with Crippen molar-refractivity contribution in [3.8, 4) is 5.75 Å². The number of nitrogens with one attached hydrogen (secondary N) is 1. The number of rotatable bonds is 9. The maximum absolute atomic E-state index is 14.3. The highest BCUT2D eigenvalue weighted by Gasteiger charge is 2.30. The predicted molar refractivity (Wildman–Crippen MR) is 177 cm³/mol. The summed E-state index contributed by atoms with van der Waals surface area (Å²) in [6.07, 6.45) is 2.06. The van der Waals surface area contributed by atoms with Gasteiger partial charge in [0.2, 0.25) is 0 Å². The number of aliphatic hydroxyl groups excluding tert-OH is 1. The minimum Gasteiger partial charge on any atom is -0.490 e. The fourth-order valence-corrected chi connectivity index (χ4v) is 6.59. The topological polar surface area (TPSA) is 108 Å². The van der Waals surface area contributed by atoms with Crippen molar-refractivity contribution in [3.63, 3.8) is 0 Å². The number of likely N-dealkylation sites (N-methyl/N-ethyl adjacent to an activating group) is 1. The predicted octanol–water partition coefficient (Wildman–Crippen LogP) is 5.55. The maximum Gasteiger partial charge on any atom is 0.261 e. The normalized spacial score (nSPS) is 20.8. The Morgan fingerprint density at radius 3 is 2.48 bits per heavy atom. The van der Waals surface area contributed by atoms with E-state index in [0.29, 0.717) is 25.4 Å². The second-order valence-corrected chi connectivity index (χ2v) is 13.9. The van der Waals surface area contributed by atoms with Gasteiger partial charge in [-0.1, -0.05) is 37.3 Å². The zero-order valence-electron chi connectivity index (χ0n) is 27.1. The second-order valence-electron chi connectivity index (χ2n) is 12.3. The molecule has 1 amide bonds. The zero-order chi connectivity index (χ0) is 33.3. The summed E-state index contributed by atoms with van der Waals surface area (Å²) in [4.78, 5) is 18.0. The summed E-state index contributed by atoms with van der Waals surface area (Å²) in [6.45, 7) is 7.77. The van der Waals surface area contributed by atoms with Crippen LogP contribution in [-0.4, -0.2) is 80.8 Å². The van der Waals surface area contributed by atoms with Gasteiger partial charge in [-0.3, -0.25) is 14.4 Å². The van der Waals surface area contributed by atoms with E-state index in [1.807, 2.05) is 32.0 Å². The monoisotopic (exact) mass is 655 g/mol. The molecule has 250 valence electrons. The van der Waals surface area contributed by atoms with Gasteiger partial charge in [-0.05, 0) is 88.2 Å². The number of halogens is 1. The van der Waals surface area contributed by atoms with Gasteiger partial charge in [-0.2, -0.15) is 0 Å². The molecule has 11 heteroatoms. The lowest BCUT2D eigenvalue weighted by atomic mass is 10.0. The number of sulfonamides is 1. The number of ether oxygens (including phenoxy) is 2. The minimum atomic E-state index is -4.06. The van der Waals surface area contributed by atoms with E-state index in [1.165, 1.54) is 29.8 Å². The van der Waals surface area contributed by atoms with Crippen LogP contribution in [0.1, 0.15) is 56.0 Å². The molecule has 3 aromatic rings. The van der Waals surface area contributed by atoms with E-state index in [0.717, 1.165) is 37.9 Å². The Balaban J connectivity index is 1.64. The molecule has 0 spiro atoms. The highest BCUT2D eigenvalue weighted by molar-refractivity contribution is 7.92. The number of nitrogens with zero attached hydrogens (tertiary/aromatic N) is 2. The Labute approximate surface area is 272 Å². The van der Waals surface area contributed by atoms with Crippen molar-refractivity contribution in [3.05, 3.63) is 89.7 Å². The van der Waals surface area contributed by atoms with Crippen LogP contribution in [0.2, 0.25) is 0 Å². The molecule has 46 heavy (non-hydrogen) atoms. The van der Waals surface area contributed by atoms with Crippen LogP contribution in [0.4, 0.5) is 10.1 Å². The lowest BCUT2D eigenvalue weighted by Gasteiger charge is -2.36. The van der Waals surface area contributed by atoms with E-state index in [4.69, 9.17) is 9.47 Å². The summed E-state index contributed by atoms with van der Waals surface area (Å²) in [6, 6.07) is 18.8. The van der Waals surface area contributed by atoms with Gasteiger partial charge in [0.15, 0.2) is 0 Å². The van der Waals surface area contributed by atoms with Gasteiger partial charge in [-0.25, -0.2) is 12.8 Å². The summed E-state index contributed by atoms with van der Waals surface area (Å²) in [5.74, 6) is -0.711. The fourth-order valence-electron chi connectivity index (χ4n) is 5.54. The first kappa shape index (κ1) is 35.3. The van der Waals surface area contributed by atoms with Gasteiger partial charge in [0, 0.05) is 37.8 Å². The number of aliphatic hydroxyl groups is 1. The van der Waals surface area contributed by atoms with Gasteiger partial charge < -0.3 is 19.5 Å². The SMILES string of the molecule is C[C@H](CO)N1C[C@H](C)[C@H](CN(C)Cc2ccccc2)OCCCC[C@H](C)Oc2ccc(NS(=O)(=O)c3ccc(F)cc3)cc2C1=O. The second kappa shape index (κ2) is 16.4. The lowest BCUT2D eigenvalue weighted by Crippen LogP contribution is -2.47. The van der Waals surface area contributed by atoms with Crippen molar-refractivity contribution in [2.75, 3.05) is 38.1 Å². The molecule has 2 N–H and O–H groups in total. The summed E-state index contributed by atoms with van der Waals surface area (Å²) < 4.78 is 54.8. The molecule has 0 saturated carbocycles. The average Bonchev–Trinajstić information content (AvgIpc) is 3.03. The van der Waals surface area contributed by atoms with Crippen LogP contribution < -0.4 is 9.46 Å². The third kappa shape index (κ3) is 9.75. The van der Waals surface area contributed by atoms with Crippen LogP contribution in [0.15, 0.2) is 77.7 Å². The molecule has 0 fully saturated rings. The number of hydrogen-bond acceptors (Lipinski definition) is 7. The smallest absolute Gasteiger partial charge is 0.261 e. The Kier molecular flexibility index (Phi) is 12.6.